The van der Waals surface area contributed by atoms with E-state index in [-0.39, 0.29) is 22.9 Å². The number of aromatic hydroxyl groups is 1. The van der Waals surface area contributed by atoms with Gasteiger partial charge in [0.05, 0.1) is 11.4 Å². The molecular formula is C15H17N3O4. The summed E-state index contributed by atoms with van der Waals surface area (Å²) in [7, 11) is 0. The molecule has 0 fully saturated rings. The van der Waals surface area contributed by atoms with Crippen molar-refractivity contribution in [3.63, 3.8) is 0 Å². The highest BCUT2D eigenvalue weighted by atomic mass is 16.4. The average Bonchev–Trinajstić information content (AvgIpc) is 2.93. The number of benzene rings is 1. The van der Waals surface area contributed by atoms with E-state index in [1.807, 2.05) is 13.8 Å². The number of carboxylic acids is 1. The molecule has 1 aromatic heterocycles. The predicted octanol–water partition coefficient (Wildman–Crippen LogP) is 2.39. The number of carboxylic acid groups (broad SMARTS) is 1. The van der Waals surface area contributed by atoms with Gasteiger partial charge in [0.15, 0.2) is 6.29 Å². The smallest absolute Gasteiger partial charge is 0.339 e. The Bertz CT molecular complexity index is 705. The van der Waals surface area contributed by atoms with Crippen LogP contribution in [0.25, 0.3) is 5.69 Å². The second kappa shape index (κ2) is 6.38. The molecule has 1 aromatic carbocycles. The molecule has 0 spiro atoms. The zero-order chi connectivity index (χ0) is 16.3. The van der Waals surface area contributed by atoms with Gasteiger partial charge in [0.2, 0.25) is 0 Å². The summed E-state index contributed by atoms with van der Waals surface area (Å²) in [6.07, 6.45) is 2.25. The molecule has 1 heterocycles. The van der Waals surface area contributed by atoms with Crippen LogP contribution in [0.3, 0.4) is 0 Å². The molecule has 0 radical (unpaired) electrons. The van der Waals surface area contributed by atoms with Crippen LogP contribution in [0.5, 0.6) is 5.75 Å². The zero-order valence-electron chi connectivity index (χ0n) is 12.4. The fourth-order valence-electron chi connectivity index (χ4n) is 2.46. The van der Waals surface area contributed by atoms with E-state index in [2.05, 4.69) is 10.3 Å². The lowest BCUT2D eigenvalue weighted by Crippen LogP contribution is -2.09. The summed E-state index contributed by atoms with van der Waals surface area (Å²) in [5, 5.41) is 26.5. The SMILES string of the molecule is CCC(CC)c1c(C=O)nnn1-c1ccc(O)c(C(=O)O)c1. The highest BCUT2D eigenvalue weighted by Gasteiger charge is 2.22. The van der Waals surface area contributed by atoms with Gasteiger partial charge in [0.25, 0.3) is 0 Å². The summed E-state index contributed by atoms with van der Waals surface area (Å²) in [6, 6.07) is 4.14. The number of phenols is 1. The fraction of sp³-hybridized carbons (Fsp3) is 0.333. The van der Waals surface area contributed by atoms with Gasteiger partial charge in [0.1, 0.15) is 17.0 Å². The minimum absolute atomic E-state index is 0.0808. The first-order valence-corrected chi connectivity index (χ1v) is 7.00. The Kier molecular flexibility index (Phi) is 4.55. The number of nitrogens with zero attached hydrogens (tertiary/aromatic N) is 3. The highest BCUT2D eigenvalue weighted by Crippen LogP contribution is 2.28. The molecule has 116 valence electrons. The van der Waals surface area contributed by atoms with Crippen molar-refractivity contribution in [1.82, 2.24) is 15.0 Å². The van der Waals surface area contributed by atoms with Gasteiger partial charge >= 0.3 is 5.97 Å². The highest BCUT2D eigenvalue weighted by molar-refractivity contribution is 5.91. The second-order valence-electron chi connectivity index (χ2n) is 4.91. The lowest BCUT2D eigenvalue weighted by molar-refractivity contribution is 0.0693. The Hall–Kier alpha value is -2.70. The molecule has 22 heavy (non-hydrogen) atoms. The van der Waals surface area contributed by atoms with Gasteiger partial charge in [0, 0.05) is 5.92 Å². The number of carbonyl (C=O) groups excluding carboxylic acids is 1. The summed E-state index contributed by atoms with van der Waals surface area (Å²) in [6.45, 7) is 4.00. The Balaban J connectivity index is 2.63. The molecule has 0 aliphatic rings. The summed E-state index contributed by atoms with van der Waals surface area (Å²) >= 11 is 0. The molecule has 2 N–H and O–H groups in total. The molecule has 0 bridgehead atoms. The first-order valence-electron chi connectivity index (χ1n) is 7.00. The summed E-state index contributed by atoms with van der Waals surface area (Å²) in [4.78, 5) is 22.3. The van der Waals surface area contributed by atoms with Crippen molar-refractivity contribution in [1.29, 1.82) is 0 Å². The van der Waals surface area contributed by atoms with Crippen LogP contribution in [0.2, 0.25) is 0 Å². The van der Waals surface area contributed by atoms with Gasteiger partial charge in [-0.3, -0.25) is 4.79 Å². The van der Waals surface area contributed by atoms with E-state index >= 15 is 0 Å². The van der Waals surface area contributed by atoms with Crippen LogP contribution in [-0.2, 0) is 0 Å². The monoisotopic (exact) mass is 303 g/mol. The number of carbonyl (C=O) groups is 2. The normalized spacial score (nSPS) is 10.9. The van der Waals surface area contributed by atoms with Crippen LogP contribution in [0, 0.1) is 0 Å². The van der Waals surface area contributed by atoms with E-state index in [0.29, 0.717) is 17.7 Å². The van der Waals surface area contributed by atoms with Gasteiger partial charge < -0.3 is 10.2 Å². The summed E-state index contributed by atoms with van der Waals surface area (Å²) < 4.78 is 1.47. The second-order valence-corrected chi connectivity index (χ2v) is 4.91. The van der Waals surface area contributed by atoms with Crippen molar-refractivity contribution >= 4 is 12.3 Å². The maximum Gasteiger partial charge on any atom is 0.339 e. The maximum absolute atomic E-state index is 11.2. The Labute approximate surface area is 127 Å². The van der Waals surface area contributed by atoms with Crippen molar-refractivity contribution in [3.8, 4) is 11.4 Å². The molecular weight excluding hydrogens is 286 g/mol. The first-order chi connectivity index (χ1) is 10.5. The van der Waals surface area contributed by atoms with Crippen LogP contribution < -0.4 is 0 Å². The molecule has 7 heteroatoms. The van der Waals surface area contributed by atoms with Crippen LogP contribution in [0.1, 0.15) is 59.1 Å². The predicted molar refractivity (Wildman–Crippen MR) is 78.7 cm³/mol. The molecule has 7 nitrogen and oxygen atoms in total. The number of hydrogen-bond acceptors (Lipinski definition) is 5. The number of aromatic carboxylic acids is 1. The maximum atomic E-state index is 11.2. The van der Waals surface area contributed by atoms with Crippen LogP contribution >= 0.6 is 0 Å². The van der Waals surface area contributed by atoms with Crippen LogP contribution in [-0.4, -0.2) is 37.5 Å². The Morgan fingerprint density at radius 3 is 2.59 bits per heavy atom. The van der Waals surface area contributed by atoms with Crippen molar-refractivity contribution < 1.29 is 19.8 Å². The van der Waals surface area contributed by atoms with E-state index in [0.717, 1.165) is 12.8 Å². The lowest BCUT2D eigenvalue weighted by Gasteiger charge is -2.15. The molecule has 0 amide bonds. The van der Waals surface area contributed by atoms with E-state index in [1.54, 1.807) is 0 Å². The van der Waals surface area contributed by atoms with E-state index in [4.69, 9.17) is 5.11 Å². The summed E-state index contributed by atoms with van der Waals surface area (Å²) in [5.41, 5.74) is 1.12. The molecule has 2 rings (SSSR count). The Morgan fingerprint density at radius 1 is 1.36 bits per heavy atom. The van der Waals surface area contributed by atoms with Gasteiger partial charge in [-0.25, -0.2) is 9.48 Å². The largest absolute Gasteiger partial charge is 0.507 e. The molecule has 0 aliphatic heterocycles. The molecule has 0 unspecified atom stereocenters. The van der Waals surface area contributed by atoms with E-state index in [9.17, 15) is 14.7 Å². The third-order valence-electron chi connectivity index (χ3n) is 3.67. The van der Waals surface area contributed by atoms with Crippen molar-refractivity contribution in [2.45, 2.75) is 32.6 Å². The average molecular weight is 303 g/mol. The first kappa shape index (κ1) is 15.7. The topological polar surface area (TPSA) is 105 Å². The number of rotatable bonds is 6. The minimum Gasteiger partial charge on any atom is -0.507 e. The molecule has 0 aliphatic carbocycles. The third-order valence-corrected chi connectivity index (χ3v) is 3.67. The van der Waals surface area contributed by atoms with Crippen molar-refractivity contribution in [3.05, 3.63) is 35.2 Å². The van der Waals surface area contributed by atoms with E-state index < -0.39 is 5.97 Å². The van der Waals surface area contributed by atoms with Gasteiger partial charge in [-0.05, 0) is 31.0 Å². The lowest BCUT2D eigenvalue weighted by atomic mass is 9.97. The van der Waals surface area contributed by atoms with Crippen molar-refractivity contribution in [2.24, 2.45) is 0 Å². The van der Waals surface area contributed by atoms with E-state index in [1.165, 1.54) is 22.9 Å². The van der Waals surface area contributed by atoms with Crippen molar-refractivity contribution in [2.75, 3.05) is 0 Å². The Morgan fingerprint density at radius 2 is 2.05 bits per heavy atom. The zero-order valence-corrected chi connectivity index (χ0v) is 12.4. The molecule has 2 aromatic rings. The molecule has 0 saturated heterocycles. The number of hydrogen-bond donors (Lipinski definition) is 2. The molecule has 0 atom stereocenters. The van der Waals surface area contributed by atoms with Crippen LogP contribution in [0.4, 0.5) is 0 Å². The van der Waals surface area contributed by atoms with Gasteiger partial charge in [-0.15, -0.1) is 5.10 Å². The van der Waals surface area contributed by atoms with Gasteiger partial charge in [-0.2, -0.15) is 0 Å². The standard InChI is InChI=1S/C15H17N3O4/c1-3-9(4-2)14-12(8-19)16-17-18(14)10-5-6-13(20)11(7-10)15(21)22/h5-9,20H,3-4H2,1-2H3,(H,21,22). The number of aldehydes is 1. The third kappa shape index (κ3) is 2.69. The number of aromatic nitrogens is 3. The summed E-state index contributed by atoms with van der Waals surface area (Å²) in [5.74, 6) is -1.48. The van der Waals surface area contributed by atoms with Crippen LogP contribution in [0.15, 0.2) is 18.2 Å². The minimum atomic E-state index is -1.24. The molecule has 0 saturated carbocycles. The van der Waals surface area contributed by atoms with Gasteiger partial charge in [-0.1, -0.05) is 19.1 Å². The fourth-order valence-corrected chi connectivity index (χ4v) is 2.46. The quantitative estimate of drug-likeness (QED) is 0.794.